The molecule has 1 aromatic carbocycles. The van der Waals surface area contributed by atoms with Crippen molar-refractivity contribution in [3.05, 3.63) is 35.9 Å². The number of nitrogens with one attached hydrogen (secondary N) is 1. The van der Waals surface area contributed by atoms with Crippen LogP contribution in [0.1, 0.15) is 39.2 Å². The van der Waals surface area contributed by atoms with Gasteiger partial charge < -0.3 is 24.4 Å². The van der Waals surface area contributed by atoms with Gasteiger partial charge in [0.2, 0.25) is 0 Å². The van der Waals surface area contributed by atoms with Crippen LogP contribution in [0.4, 0.5) is 9.59 Å². The van der Waals surface area contributed by atoms with E-state index in [4.69, 9.17) is 14.2 Å². The molecule has 0 radical (unpaired) electrons. The van der Waals surface area contributed by atoms with Gasteiger partial charge in [0.15, 0.2) is 0 Å². The molecule has 0 atom stereocenters. The molecule has 1 aliphatic rings. The van der Waals surface area contributed by atoms with E-state index in [-0.39, 0.29) is 24.8 Å². The predicted molar refractivity (Wildman–Crippen MR) is 101 cm³/mol. The van der Waals surface area contributed by atoms with Crippen molar-refractivity contribution in [1.82, 2.24) is 10.2 Å². The van der Waals surface area contributed by atoms with Crippen LogP contribution in [0.3, 0.4) is 0 Å². The summed E-state index contributed by atoms with van der Waals surface area (Å²) in [6.45, 7) is 6.64. The molecular formula is C20H30N2O5. The van der Waals surface area contributed by atoms with Crippen molar-refractivity contribution >= 4 is 12.2 Å². The highest BCUT2D eigenvalue weighted by molar-refractivity contribution is 5.68. The molecule has 7 heteroatoms. The molecule has 1 fully saturated rings. The van der Waals surface area contributed by atoms with Crippen molar-refractivity contribution in [2.45, 2.75) is 58.0 Å². The van der Waals surface area contributed by atoms with Gasteiger partial charge in [-0.05, 0) is 39.2 Å². The monoisotopic (exact) mass is 378 g/mol. The van der Waals surface area contributed by atoms with Gasteiger partial charge in [0, 0.05) is 19.6 Å². The summed E-state index contributed by atoms with van der Waals surface area (Å²) in [5, 5.41) is 2.83. The fourth-order valence-electron chi connectivity index (χ4n) is 2.57. The summed E-state index contributed by atoms with van der Waals surface area (Å²) in [5.74, 6) is 0. The fraction of sp³-hybridized carbons (Fsp3) is 0.600. The number of carbonyl (C=O) groups excluding carboxylic acids is 2. The molecule has 150 valence electrons. The third-order valence-corrected chi connectivity index (χ3v) is 4.11. The highest BCUT2D eigenvalue weighted by Gasteiger charge is 2.32. The second kappa shape index (κ2) is 9.60. The first-order valence-electron chi connectivity index (χ1n) is 9.26. The molecule has 0 saturated heterocycles. The van der Waals surface area contributed by atoms with Crippen LogP contribution < -0.4 is 5.32 Å². The molecule has 1 aliphatic carbocycles. The Morgan fingerprint density at radius 1 is 1.19 bits per heavy atom. The molecule has 1 saturated carbocycles. The molecule has 0 unspecified atom stereocenters. The number of alkyl carbamates (subject to hydrolysis) is 1. The standard InChI is InChI=1S/C20H30N2O5/c1-20(2,3)27-18(23)21-16-12-17(13-16)25-11-10-22(4)19(24)26-14-15-8-6-5-7-9-15/h5-9,16-17H,10-14H2,1-4H3,(H,21,23). The lowest BCUT2D eigenvalue weighted by Gasteiger charge is -2.36. The van der Waals surface area contributed by atoms with Crippen LogP contribution in [0.2, 0.25) is 0 Å². The van der Waals surface area contributed by atoms with Crippen LogP contribution in [0, 0.1) is 0 Å². The molecule has 1 aromatic rings. The van der Waals surface area contributed by atoms with E-state index in [1.165, 1.54) is 4.90 Å². The summed E-state index contributed by atoms with van der Waals surface area (Å²) in [6.07, 6.45) is 0.828. The Hall–Kier alpha value is -2.28. The topological polar surface area (TPSA) is 77.1 Å². The molecular weight excluding hydrogens is 348 g/mol. The number of rotatable bonds is 7. The van der Waals surface area contributed by atoms with Crippen LogP contribution in [0.15, 0.2) is 30.3 Å². The third-order valence-electron chi connectivity index (χ3n) is 4.11. The number of benzene rings is 1. The van der Waals surface area contributed by atoms with E-state index in [9.17, 15) is 9.59 Å². The van der Waals surface area contributed by atoms with Gasteiger partial charge in [-0.1, -0.05) is 30.3 Å². The van der Waals surface area contributed by atoms with Gasteiger partial charge in [-0.15, -0.1) is 0 Å². The Bertz CT molecular complexity index is 609. The highest BCUT2D eigenvalue weighted by atomic mass is 16.6. The maximum atomic E-state index is 11.9. The summed E-state index contributed by atoms with van der Waals surface area (Å²) in [7, 11) is 1.68. The molecule has 27 heavy (non-hydrogen) atoms. The number of carbonyl (C=O) groups is 2. The van der Waals surface area contributed by atoms with Crippen molar-refractivity contribution in [3.63, 3.8) is 0 Å². The molecule has 1 N–H and O–H groups in total. The molecule has 2 amide bonds. The zero-order valence-electron chi connectivity index (χ0n) is 16.6. The predicted octanol–water partition coefficient (Wildman–Crippen LogP) is 3.33. The average Bonchev–Trinajstić information content (AvgIpc) is 2.56. The molecule has 0 heterocycles. The zero-order valence-corrected chi connectivity index (χ0v) is 16.6. The molecule has 7 nitrogen and oxygen atoms in total. The van der Waals surface area contributed by atoms with Crippen molar-refractivity contribution in [2.24, 2.45) is 0 Å². The SMILES string of the molecule is CN(CCOC1CC(NC(=O)OC(C)(C)C)C1)C(=O)OCc1ccccc1. The summed E-state index contributed by atoms with van der Waals surface area (Å²) in [6, 6.07) is 9.64. The van der Waals surface area contributed by atoms with Gasteiger partial charge in [0.1, 0.15) is 12.2 Å². The number of hydrogen-bond acceptors (Lipinski definition) is 5. The first-order valence-corrected chi connectivity index (χ1v) is 9.26. The van der Waals surface area contributed by atoms with E-state index < -0.39 is 11.7 Å². The number of hydrogen-bond donors (Lipinski definition) is 1. The number of likely N-dealkylation sites (N-methyl/N-ethyl adjacent to an activating group) is 1. The maximum Gasteiger partial charge on any atom is 0.409 e. The largest absolute Gasteiger partial charge is 0.445 e. The summed E-state index contributed by atoms with van der Waals surface area (Å²) >= 11 is 0. The Morgan fingerprint density at radius 3 is 2.48 bits per heavy atom. The van der Waals surface area contributed by atoms with Gasteiger partial charge in [-0.2, -0.15) is 0 Å². The van der Waals surface area contributed by atoms with E-state index in [1.54, 1.807) is 7.05 Å². The van der Waals surface area contributed by atoms with Crippen molar-refractivity contribution < 1.29 is 23.8 Å². The maximum absolute atomic E-state index is 11.9. The van der Waals surface area contributed by atoms with E-state index in [1.807, 2.05) is 51.1 Å². The lowest BCUT2D eigenvalue weighted by molar-refractivity contribution is -0.0254. The summed E-state index contributed by atoms with van der Waals surface area (Å²) < 4.78 is 16.2. The van der Waals surface area contributed by atoms with Crippen LogP contribution in [-0.2, 0) is 20.8 Å². The van der Waals surface area contributed by atoms with Gasteiger partial charge in [0.05, 0.1) is 12.7 Å². The van der Waals surface area contributed by atoms with Crippen molar-refractivity contribution in [2.75, 3.05) is 20.2 Å². The van der Waals surface area contributed by atoms with Crippen LogP contribution in [0.5, 0.6) is 0 Å². The normalized spacial score (nSPS) is 19.0. The first-order chi connectivity index (χ1) is 12.7. The highest BCUT2D eigenvalue weighted by Crippen LogP contribution is 2.23. The number of nitrogens with zero attached hydrogens (tertiary/aromatic N) is 1. The van der Waals surface area contributed by atoms with E-state index in [0.29, 0.717) is 13.2 Å². The van der Waals surface area contributed by atoms with Gasteiger partial charge >= 0.3 is 12.2 Å². The first kappa shape index (κ1) is 21.0. The summed E-state index contributed by atoms with van der Waals surface area (Å²) in [4.78, 5) is 25.1. The fourth-order valence-corrected chi connectivity index (χ4v) is 2.57. The Labute approximate surface area is 161 Å². The van der Waals surface area contributed by atoms with Gasteiger partial charge in [0.25, 0.3) is 0 Å². The van der Waals surface area contributed by atoms with E-state index >= 15 is 0 Å². The molecule has 0 bridgehead atoms. The second-order valence-electron chi connectivity index (χ2n) is 7.77. The number of amides is 2. The minimum absolute atomic E-state index is 0.0819. The summed E-state index contributed by atoms with van der Waals surface area (Å²) in [5.41, 5.74) is 0.456. The van der Waals surface area contributed by atoms with Crippen LogP contribution in [0.25, 0.3) is 0 Å². The number of ether oxygens (including phenoxy) is 3. The molecule has 0 aliphatic heterocycles. The smallest absolute Gasteiger partial charge is 0.409 e. The van der Waals surface area contributed by atoms with E-state index in [2.05, 4.69) is 5.32 Å². The lowest BCUT2D eigenvalue weighted by atomic mass is 9.89. The Balaban J connectivity index is 1.54. The van der Waals surface area contributed by atoms with Crippen molar-refractivity contribution in [1.29, 1.82) is 0 Å². The molecule has 0 aromatic heterocycles. The Morgan fingerprint density at radius 2 is 1.85 bits per heavy atom. The molecule has 2 rings (SSSR count). The Kier molecular flexibility index (Phi) is 7.47. The van der Waals surface area contributed by atoms with Gasteiger partial charge in [-0.3, -0.25) is 0 Å². The minimum atomic E-state index is -0.497. The van der Waals surface area contributed by atoms with Crippen LogP contribution in [-0.4, -0.2) is 55.0 Å². The van der Waals surface area contributed by atoms with E-state index in [0.717, 1.165) is 18.4 Å². The minimum Gasteiger partial charge on any atom is -0.445 e. The van der Waals surface area contributed by atoms with Gasteiger partial charge in [-0.25, -0.2) is 9.59 Å². The van der Waals surface area contributed by atoms with Crippen LogP contribution >= 0.6 is 0 Å². The quantitative estimate of drug-likeness (QED) is 0.787. The average molecular weight is 378 g/mol. The lowest BCUT2D eigenvalue weighted by Crippen LogP contribution is -2.49. The zero-order chi connectivity index (χ0) is 19.9. The second-order valence-corrected chi connectivity index (χ2v) is 7.77. The van der Waals surface area contributed by atoms with Crippen molar-refractivity contribution in [3.8, 4) is 0 Å². The third kappa shape index (κ3) is 7.86. The molecule has 0 spiro atoms.